The molecule has 1 amide bonds. The fourth-order valence-electron chi connectivity index (χ4n) is 2.09. The van der Waals surface area contributed by atoms with Crippen LogP contribution in [0.3, 0.4) is 0 Å². The van der Waals surface area contributed by atoms with Crippen molar-refractivity contribution < 1.29 is 14.3 Å². The highest BCUT2D eigenvalue weighted by atomic mass is 16.6. The first-order valence-electron chi connectivity index (χ1n) is 6.43. The molecule has 0 unspecified atom stereocenters. The summed E-state index contributed by atoms with van der Waals surface area (Å²) >= 11 is 0. The number of hydrogen-bond acceptors (Lipinski definition) is 3. The second-order valence-corrected chi connectivity index (χ2v) is 5.79. The molecular weight excluding hydrogens is 230 g/mol. The molecule has 1 rings (SSSR count). The van der Waals surface area contributed by atoms with E-state index in [2.05, 4.69) is 0 Å². The minimum atomic E-state index is -0.443. The number of aldehydes is 1. The molecule has 0 atom stereocenters. The Morgan fingerprint density at radius 3 is 2.28 bits per heavy atom. The smallest absolute Gasteiger partial charge is 0.410 e. The highest BCUT2D eigenvalue weighted by molar-refractivity contribution is 5.68. The van der Waals surface area contributed by atoms with E-state index in [1.165, 1.54) is 0 Å². The summed E-state index contributed by atoms with van der Waals surface area (Å²) in [6, 6.07) is 0. The Morgan fingerprint density at radius 1 is 1.28 bits per heavy atom. The fraction of sp³-hybridized carbons (Fsp3) is 0.714. The minimum absolute atomic E-state index is 0.238. The standard InChI is InChI=1S/C14H23NO3/c1-11(7-10-16)12-5-8-15(9-6-12)13(17)18-14(2,3)4/h7,10,12H,5-6,8-9H2,1-4H3/b11-7+. The van der Waals surface area contributed by atoms with Crippen molar-refractivity contribution in [2.75, 3.05) is 13.1 Å². The molecule has 4 nitrogen and oxygen atoms in total. The van der Waals surface area contributed by atoms with Crippen LogP contribution < -0.4 is 0 Å². The zero-order chi connectivity index (χ0) is 13.8. The molecule has 0 bridgehead atoms. The number of amides is 1. The van der Waals surface area contributed by atoms with E-state index in [9.17, 15) is 9.59 Å². The maximum atomic E-state index is 11.8. The molecule has 1 fully saturated rings. The monoisotopic (exact) mass is 253 g/mol. The maximum Gasteiger partial charge on any atom is 0.410 e. The number of carbonyl (C=O) groups excluding carboxylic acids is 2. The highest BCUT2D eigenvalue weighted by Crippen LogP contribution is 2.25. The molecule has 0 aromatic heterocycles. The summed E-state index contributed by atoms with van der Waals surface area (Å²) in [5, 5.41) is 0. The van der Waals surface area contributed by atoms with Gasteiger partial charge in [0.1, 0.15) is 11.9 Å². The Hall–Kier alpha value is -1.32. The summed E-state index contributed by atoms with van der Waals surface area (Å²) in [4.78, 5) is 24.0. The van der Waals surface area contributed by atoms with Crippen LogP contribution in [0.15, 0.2) is 11.6 Å². The Bertz CT molecular complexity index is 333. The van der Waals surface area contributed by atoms with E-state index >= 15 is 0 Å². The van der Waals surface area contributed by atoms with Crippen molar-refractivity contribution in [3.63, 3.8) is 0 Å². The molecule has 0 aromatic rings. The lowest BCUT2D eigenvalue weighted by Gasteiger charge is -2.33. The van der Waals surface area contributed by atoms with E-state index in [1.807, 2.05) is 27.7 Å². The molecule has 1 aliphatic heterocycles. The first kappa shape index (κ1) is 14.7. The van der Waals surface area contributed by atoms with Crippen molar-refractivity contribution in [3.8, 4) is 0 Å². The normalized spacial score (nSPS) is 18.7. The Labute approximate surface area is 109 Å². The molecule has 0 aliphatic carbocycles. The van der Waals surface area contributed by atoms with Crippen LogP contribution in [-0.4, -0.2) is 36.0 Å². The molecule has 0 saturated carbocycles. The van der Waals surface area contributed by atoms with Gasteiger partial charge < -0.3 is 9.64 Å². The summed E-state index contributed by atoms with van der Waals surface area (Å²) in [5.41, 5.74) is 0.662. The fourth-order valence-corrected chi connectivity index (χ4v) is 2.09. The van der Waals surface area contributed by atoms with Gasteiger partial charge in [-0.15, -0.1) is 0 Å². The second kappa shape index (κ2) is 6.03. The Morgan fingerprint density at radius 2 is 1.83 bits per heavy atom. The number of hydrogen-bond donors (Lipinski definition) is 0. The van der Waals surface area contributed by atoms with Crippen LogP contribution in [0.4, 0.5) is 4.79 Å². The van der Waals surface area contributed by atoms with Gasteiger partial charge in [-0.05, 0) is 52.5 Å². The van der Waals surface area contributed by atoms with Crippen molar-refractivity contribution in [3.05, 3.63) is 11.6 Å². The van der Waals surface area contributed by atoms with Crippen molar-refractivity contribution in [2.45, 2.75) is 46.1 Å². The van der Waals surface area contributed by atoms with Gasteiger partial charge in [0.2, 0.25) is 0 Å². The zero-order valence-electron chi connectivity index (χ0n) is 11.7. The van der Waals surface area contributed by atoms with E-state index in [4.69, 9.17) is 4.74 Å². The zero-order valence-corrected chi connectivity index (χ0v) is 11.7. The molecule has 18 heavy (non-hydrogen) atoms. The van der Waals surface area contributed by atoms with Gasteiger partial charge in [0.15, 0.2) is 0 Å². The van der Waals surface area contributed by atoms with Crippen LogP contribution in [0.25, 0.3) is 0 Å². The van der Waals surface area contributed by atoms with Crippen LogP contribution >= 0.6 is 0 Å². The third-order valence-electron chi connectivity index (χ3n) is 3.12. The number of piperidine rings is 1. The third-order valence-corrected chi connectivity index (χ3v) is 3.12. The van der Waals surface area contributed by atoms with Crippen molar-refractivity contribution >= 4 is 12.4 Å². The predicted molar refractivity (Wildman–Crippen MR) is 70.4 cm³/mol. The van der Waals surface area contributed by atoms with Crippen LogP contribution in [-0.2, 0) is 9.53 Å². The van der Waals surface area contributed by atoms with Gasteiger partial charge >= 0.3 is 6.09 Å². The summed E-state index contributed by atoms with van der Waals surface area (Å²) in [6.07, 6.45) is 4.01. The average Bonchev–Trinajstić information content (AvgIpc) is 2.27. The summed E-state index contributed by atoms with van der Waals surface area (Å²) < 4.78 is 5.34. The number of rotatable bonds is 2. The third kappa shape index (κ3) is 4.51. The first-order valence-corrected chi connectivity index (χ1v) is 6.43. The number of ether oxygens (including phenoxy) is 1. The van der Waals surface area contributed by atoms with Gasteiger partial charge in [-0.3, -0.25) is 4.79 Å². The lowest BCUT2D eigenvalue weighted by atomic mass is 9.90. The molecule has 0 aromatic carbocycles. The van der Waals surface area contributed by atoms with E-state index in [0.717, 1.165) is 24.7 Å². The van der Waals surface area contributed by atoms with Crippen LogP contribution in [0.1, 0.15) is 40.5 Å². The predicted octanol–water partition coefficient (Wildman–Crippen LogP) is 2.78. The highest BCUT2D eigenvalue weighted by Gasteiger charge is 2.27. The van der Waals surface area contributed by atoms with Gasteiger partial charge in [-0.1, -0.05) is 5.57 Å². The molecule has 0 N–H and O–H groups in total. The maximum absolute atomic E-state index is 11.8. The van der Waals surface area contributed by atoms with Crippen LogP contribution in [0.5, 0.6) is 0 Å². The number of nitrogens with zero attached hydrogens (tertiary/aromatic N) is 1. The number of carbonyl (C=O) groups is 2. The van der Waals surface area contributed by atoms with Crippen molar-refractivity contribution in [2.24, 2.45) is 5.92 Å². The van der Waals surface area contributed by atoms with E-state index in [0.29, 0.717) is 19.0 Å². The second-order valence-electron chi connectivity index (χ2n) is 5.79. The lowest BCUT2D eigenvalue weighted by molar-refractivity contribution is -0.104. The lowest BCUT2D eigenvalue weighted by Crippen LogP contribution is -2.41. The quantitative estimate of drug-likeness (QED) is 0.561. The molecule has 1 saturated heterocycles. The minimum Gasteiger partial charge on any atom is -0.444 e. The summed E-state index contributed by atoms with van der Waals surface area (Å²) in [5.74, 6) is 0.411. The molecule has 0 spiro atoms. The average molecular weight is 253 g/mol. The van der Waals surface area contributed by atoms with Crippen molar-refractivity contribution in [1.29, 1.82) is 0 Å². The van der Waals surface area contributed by atoms with Crippen LogP contribution in [0, 0.1) is 5.92 Å². The molecule has 0 radical (unpaired) electrons. The Balaban J connectivity index is 2.47. The topological polar surface area (TPSA) is 46.6 Å². The van der Waals surface area contributed by atoms with Gasteiger partial charge in [0.05, 0.1) is 0 Å². The molecule has 1 aliphatic rings. The molecule has 102 valence electrons. The van der Waals surface area contributed by atoms with Gasteiger partial charge in [-0.25, -0.2) is 4.79 Å². The van der Waals surface area contributed by atoms with E-state index < -0.39 is 5.60 Å². The van der Waals surface area contributed by atoms with Crippen LogP contribution in [0.2, 0.25) is 0 Å². The largest absolute Gasteiger partial charge is 0.444 e. The first-order chi connectivity index (χ1) is 8.33. The molecule has 4 heteroatoms. The summed E-state index contributed by atoms with van der Waals surface area (Å²) in [6.45, 7) is 8.98. The SMILES string of the molecule is C/C(=C\C=O)C1CCN(C(=O)OC(C)(C)C)CC1. The molecular formula is C14H23NO3. The number of allylic oxidation sites excluding steroid dienone is 2. The summed E-state index contributed by atoms with van der Waals surface area (Å²) in [7, 11) is 0. The van der Waals surface area contributed by atoms with Crippen molar-refractivity contribution in [1.82, 2.24) is 4.90 Å². The molecule has 1 heterocycles. The van der Waals surface area contributed by atoms with Gasteiger partial charge in [0.25, 0.3) is 0 Å². The number of likely N-dealkylation sites (tertiary alicyclic amines) is 1. The van der Waals surface area contributed by atoms with Gasteiger partial charge in [0, 0.05) is 13.1 Å². The van der Waals surface area contributed by atoms with E-state index in [1.54, 1.807) is 11.0 Å². The van der Waals surface area contributed by atoms with Gasteiger partial charge in [-0.2, -0.15) is 0 Å². The Kier molecular flexibility index (Phi) is 4.93. The van der Waals surface area contributed by atoms with E-state index in [-0.39, 0.29) is 6.09 Å².